The highest BCUT2D eigenvalue weighted by Gasteiger charge is 2.11. The molecule has 0 unspecified atom stereocenters. The number of hydrogen-bond donors (Lipinski definition) is 1. The van der Waals surface area contributed by atoms with Gasteiger partial charge in [0.1, 0.15) is 5.69 Å². The number of anilines is 2. The van der Waals surface area contributed by atoms with Crippen LogP contribution in [0.2, 0.25) is 0 Å². The third kappa shape index (κ3) is 3.85. The first-order valence-electron chi connectivity index (χ1n) is 7.62. The lowest BCUT2D eigenvalue weighted by Gasteiger charge is -2.23. The minimum atomic E-state index is -0.139. The average Bonchev–Trinajstić information content (AvgIpc) is 2.48. The topological polar surface area (TPSA) is 45.2 Å². The number of hydrogen-bond acceptors (Lipinski definition) is 3. The molecule has 0 aliphatic rings. The van der Waals surface area contributed by atoms with E-state index in [0.717, 1.165) is 17.9 Å². The van der Waals surface area contributed by atoms with Crippen molar-refractivity contribution in [2.24, 2.45) is 0 Å². The van der Waals surface area contributed by atoms with Gasteiger partial charge in [0, 0.05) is 18.3 Å². The van der Waals surface area contributed by atoms with Crippen LogP contribution in [0.1, 0.15) is 36.8 Å². The minimum Gasteiger partial charge on any atom is -0.349 e. The molecule has 1 N–H and O–H groups in total. The van der Waals surface area contributed by atoms with Crippen molar-refractivity contribution < 1.29 is 4.79 Å². The van der Waals surface area contributed by atoms with Crippen molar-refractivity contribution in [1.29, 1.82) is 0 Å². The molecule has 1 heterocycles. The minimum absolute atomic E-state index is 0.105. The zero-order valence-corrected chi connectivity index (χ0v) is 13.6. The Balaban J connectivity index is 2.22. The van der Waals surface area contributed by atoms with Crippen LogP contribution in [0.5, 0.6) is 0 Å². The van der Waals surface area contributed by atoms with Crippen molar-refractivity contribution in [1.82, 2.24) is 10.3 Å². The van der Waals surface area contributed by atoms with Gasteiger partial charge in [-0.3, -0.25) is 4.79 Å². The molecule has 0 radical (unpaired) electrons. The number of aryl methyl sites for hydroxylation is 1. The van der Waals surface area contributed by atoms with Crippen molar-refractivity contribution in [2.75, 3.05) is 11.4 Å². The lowest BCUT2D eigenvalue weighted by Crippen LogP contribution is -2.30. The highest BCUT2D eigenvalue weighted by atomic mass is 16.1. The fourth-order valence-electron chi connectivity index (χ4n) is 2.33. The first kappa shape index (κ1) is 16.0. The maximum Gasteiger partial charge on any atom is 0.270 e. The van der Waals surface area contributed by atoms with Crippen LogP contribution in [-0.2, 0) is 0 Å². The van der Waals surface area contributed by atoms with E-state index in [0.29, 0.717) is 5.69 Å². The molecule has 0 aliphatic heterocycles. The summed E-state index contributed by atoms with van der Waals surface area (Å²) in [5, 5.41) is 2.85. The molecular weight excluding hydrogens is 274 g/mol. The normalized spacial score (nSPS) is 10.6. The number of nitrogens with one attached hydrogen (secondary N) is 1. The second-order valence-corrected chi connectivity index (χ2v) is 5.61. The largest absolute Gasteiger partial charge is 0.349 e. The second-order valence-electron chi connectivity index (χ2n) is 5.61. The molecule has 0 bridgehead atoms. The fourth-order valence-corrected chi connectivity index (χ4v) is 2.33. The Morgan fingerprint density at radius 2 is 2.00 bits per heavy atom. The van der Waals surface area contributed by atoms with E-state index >= 15 is 0 Å². The quantitative estimate of drug-likeness (QED) is 0.915. The van der Waals surface area contributed by atoms with Crippen LogP contribution in [0.4, 0.5) is 11.4 Å². The number of pyridine rings is 1. The van der Waals surface area contributed by atoms with Crippen molar-refractivity contribution in [3.8, 4) is 0 Å². The van der Waals surface area contributed by atoms with Crippen LogP contribution in [0, 0.1) is 6.92 Å². The standard InChI is InChI=1S/C18H23N3O/c1-5-21(15-8-6-7-14(4)11-15)16-9-10-17(19-12-16)18(22)20-13(2)3/h6-13H,5H2,1-4H3,(H,20,22). The van der Waals surface area contributed by atoms with Gasteiger partial charge in [0.15, 0.2) is 0 Å². The lowest BCUT2D eigenvalue weighted by atomic mass is 10.2. The van der Waals surface area contributed by atoms with Crippen molar-refractivity contribution in [2.45, 2.75) is 33.7 Å². The monoisotopic (exact) mass is 297 g/mol. The van der Waals surface area contributed by atoms with Gasteiger partial charge < -0.3 is 10.2 Å². The van der Waals surface area contributed by atoms with E-state index in [1.54, 1.807) is 12.3 Å². The number of carbonyl (C=O) groups is 1. The van der Waals surface area contributed by atoms with Gasteiger partial charge in [0.25, 0.3) is 5.91 Å². The average molecular weight is 297 g/mol. The number of amides is 1. The fraction of sp³-hybridized carbons (Fsp3) is 0.333. The molecular formula is C18H23N3O. The summed E-state index contributed by atoms with van der Waals surface area (Å²) in [6.45, 7) is 8.88. The maximum atomic E-state index is 11.9. The summed E-state index contributed by atoms with van der Waals surface area (Å²) in [6.07, 6.45) is 1.75. The van der Waals surface area contributed by atoms with E-state index in [-0.39, 0.29) is 11.9 Å². The molecule has 2 rings (SSSR count). The van der Waals surface area contributed by atoms with Crippen LogP contribution in [0.3, 0.4) is 0 Å². The van der Waals surface area contributed by atoms with Crippen molar-refractivity contribution >= 4 is 17.3 Å². The summed E-state index contributed by atoms with van der Waals surface area (Å²) in [5.41, 5.74) is 3.77. The summed E-state index contributed by atoms with van der Waals surface area (Å²) < 4.78 is 0. The summed E-state index contributed by atoms with van der Waals surface area (Å²) >= 11 is 0. The van der Waals surface area contributed by atoms with Crippen molar-refractivity contribution in [3.63, 3.8) is 0 Å². The number of carbonyl (C=O) groups excluding carboxylic acids is 1. The van der Waals surface area contributed by atoms with Gasteiger partial charge in [0.2, 0.25) is 0 Å². The predicted molar refractivity (Wildman–Crippen MR) is 90.7 cm³/mol. The number of aromatic nitrogens is 1. The van der Waals surface area contributed by atoms with Crippen LogP contribution < -0.4 is 10.2 Å². The Labute approximate surface area is 132 Å². The van der Waals surface area contributed by atoms with Crippen LogP contribution in [0.15, 0.2) is 42.6 Å². The maximum absolute atomic E-state index is 11.9. The SMILES string of the molecule is CCN(c1ccc(C(=O)NC(C)C)nc1)c1cccc(C)c1. The molecule has 116 valence electrons. The Bertz CT molecular complexity index is 635. The van der Waals surface area contributed by atoms with Crippen LogP contribution >= 0.6 is 0 Å². The van der Waals surface area contributed by atoms with Crippen LogP contribution in [-0.4, -0.2) is 23.5 Å². The molecule has 1 aromatic carbocycles. The van der Waals surface area contributed by atoms with Crippen LogP contribution in [0.25, 0.3) is 0 Å². The molecule has 0 aliphatic carbocycles. The molecule has 0 atom stereocenters. The van der Waals surface area contributed by atoms with E-state index in [1.165, 1.54) is 5.56 Å². The third-order valence-electron chi connectivity index (χ3n) is 3.34. The van der Waals surface area contributed by atoms with E-state index in [9.17, 15) is 4.79 Å². The number of nitrogens with zero attached hydrogens (tertiary/aromatic N) is 2. The first-order valence-corrected chi connectivity index (χ1v) is 7.62. The zero-order valence-electron chi connectivity index (χ0n) is 13.6. The first-order chi connectivity index (χ1) is 10.5. The molecule has 0 fully saturated rings. The van der Waals surface area contributed by atoms with E-state index < -0.39 is 0 Å². The Morgan fingerprint density at radius 1 is 1.23 bits per heavy atom. The highest BCUT2D eigenvalue weighted by molar-refractivity contribution is 5.92. The van der Waals surface area contributed by atoms with Gasteiger partial charge >= 0.3 is 0 Å². The molecule has 4 nitrogen and oxygen atoms in total. The van der Waals surface area contributed by atoms with Gasteiger partial charge in [-0.05, 0) is 57.5 Å². The Hall–Kier alpha value is -2.36. The molecule has 0 saturated heterocycles. The molecule has 0 saturated carbocycles. The van der Waals surface area contributed by atoms with Gasteiger partial charge in [-0.2, -0.15) is 0 Å². The molecule has 1 amide bonds. The number of rotatable bonds is 5. The van der Waals surface area contributed by atoms with E-state index in [4.69, 9.17) is 0 Å². The smallest absolute Gasteiger partial charge is 0.270 e. The molecule has 22 heavy (non-hydrogen) atoms. The molecule has 0 spiro atoms. The van der Waals surface area contributed by atoms with E-state index in [2.05, 4.69) is 47.2 Å². The lowest BCUT2D eigenvalue weighted by molar-refractivity contribution is 0.0938. The third-order valence-corrected chi connectivity index (χ3v) is 3.34. The predicted octanol–water partition coefficient (Wildman–Crippen LogP) is 3.69. The van der Waals surface area contributed by atoms with Gasteiger partial charge in [-0.25, -0.2) is 4.98 Å². The van der Waals surface area contributed by atoms with Crippen molar-refractivity contribution in [3.05, 3.63) is 53.9 Å². The molecule has 2 aromatic rings. The summed E-state index contributed by atoms with van der Waals surface area (Å²) in [6, 6.07) is 12.2. The highest BCUT2D eigenvalue weighted by Crippen LogP contribution is 2.25. The molecule has 1 aromatic heterocycles. The molecule has 4 heteroatoms. The Morgan fingerprint density at radius 3 is 2.55 bits per heavy atom. The summed E-state index contributed by atoms with van der Waals surface area (Å²) in [5.74, 6) is -0.139. The number of benzene rings is 1. The van der Waals surface area contributed by atoms with Gasteiger partial charge in [-0.15, -0.1) is 0 Å². The second kappa shape index (κ2) is 7.07. The van der Waals surface area contributed by atoms with E-state index in [1.807, 2.05) is 26.0 Å². The summed E-state index contributed by atoms with van der Waals surface area (Å²) in [7, 11) is 0. The zero-order chi connectivity index (χ0) is 16.1. The van der Waals surface area contributed by atoms with Gasteiger partial charge in [0.05, 0.1) is 11.9 Å². The summed E-state index contributed by atoms with van der Waals surface area (Å²) in [4.78, 5) is 18.4. The van der Waals surface area contributed by atoms with Gasteiger partial charge in [-0.1, -0.05) is 12.1 Å². The Kier molecular flexibility index (Phi) is 5.15.